The molecule has 4 nitrogen and oxygen atoms in total. The summed E-state index contributed by atoms with van der Waals surface area (Å²) in [6.07, 6.45) is 4.23. The lowest BCUT2D eigenvalue weighted by atomic mass is 9.88. The van der Waals surface area contributed by atoms with Crippen LogP contribution in [0.2, 0.25) is 0 Å². The number of allylic oxidation sites excluding steroid dienone is 2. The minimum atomic E-state index is -0.167. The number of hydrogen-bond acceptors (Lipinski definition) is 3. The molecule has 27 heavy (non-hydrogen) atoms. The molecule has 1 aromatic carbocycles. The second-order valence-corrected chi connectivity index (χ2v) is 7.67. The van der Waals surface area contributed by atoms with Gasteiger partial charge in [0.2, 0.25) is 0 Å². The van der Waals surface area contributed by atoms with Crippen LogP contribution in [0.4, 0.5) is 5.69 Å². The normalized spacial score (nSPS) is 12.0. The summed E-state index contributed by atoms with van der Waals surface area (Å²) in [5, 5.41) is 11.9. The van der Waals surface area contributed by atoms with Gasteiger partial charge < -0.3 is 16.0 Å². The maximum absolute atomic E-state index is 8.65. The maximum atomic E-state index is 8.65. The van der Waals surface area contributed by atoms with Crippen LogP contribution in [0.1, 0.15) is 45.2 Å². The largest absolute Gasteiger partial charge is 0.401 e. The van der Waals surface area contributed by atoms with Crippen LogP contribution in [0.3, 0.4) is 0 Å². The molecule has 0 heterocycles. The summed E-state index contributed by atoms with van der Waals surface area (Å²) in [6.45, 7) is 20.4. The van der Waals surface area contributed by atoms with Gasteiger partial charge in [-0.15, -0.1) is 0 Å². The molecular formula is C23H34N4. The molecule has 4 N–H and O–H groups in total. The Morgan fingerprint density at radius 2 is 1.93 bits per heavy atom. The van der Waals surface area contributed by atoms with Crippen molar-refractivity contribution in [3.05, 3.63) is 72.1 Å². The number of amidine groups is 1. The van der Waals surface area contributed by atoms with Crippen molar-refractivity contribution in [3.8, 4) is 0 Å². The lowest BCUT2D eigenvalue weighted by Gasteiger charge is -2.28. The van der Waals surface area contributed by atoms with Crippen molar-refractivity contribution in [3.63, 3.8) is 0 Å². The second-order valence-electron chi connectivity index (χ2n) is 7.67. The minimum absolute atomic E-state index is 0.167. The van der Waals surface area contributed by atoms with Gasteiger partial charge in [0.25, 0.3) is 0 Å². The van der Waals surface area contributed by atoms with E-state index in [1.54, 1.807) is 6.08 Å². The Kier molecular flexibility index (Phi) is 7.65. The SMILES string of the molecule is C=CC(=C)Nc1ccc(C=C)c(CN(C)C(=N)/C(CC)=C(\N)C(C)(C)C)c1. The third-order valence-corrected chi connectivity index (χ3v) is 4.48. The predicted octanol–water partition coefficient (Wildman–Crippen LogP) is 5.52. The quantitative estimate of drug-likeness (QED) is 0.322. The Morgan fingerprint density at radius 3 is 2.41 bits per heavy atom. The Hall–Kier alpha value is -2.75. The number of nitrogens with two attached hydrogens (primary N) is 1. The van der Waals surface area contributed by atoms with E-state index in [1.165, 1.54) is 0 Å². The van der Waals surface area contributed by atoms with Crippen LogP contribution >= 0.6 is 0 Å². The smallest absolute Gasteiger partial charge is 0.125 e. The number of anilines is 1. The molecule has 0 fully saturated rings. The van der Waals surface area contributed by atoms with E-state index in [-0.39, 0.29) is 5.41 Å². The highest BCUT2D eigenvalue weighted by Crippen LogP contribution is 2.27. The number of benzene rings is 1. The van der Waals surface area contributed by atoms with E-state index >= 15 is 0 Å². The van der Waals surface area contributed by atoms with Crippen molar-refractivity contribution in [2.24, 2.45) is 11.1 Å². The number of nitrogens with one attached hydrogen (secondary N) is 2. The van der Waals surface area contributed by atoms with E-state index in [0.29, 0.717) is 12.4 Å². The molecule has 1 aromatic rings. The van der Waals surface area contributed by atoms with Gasteiger partial charge in [0.15, 0.2) is 0 Å². The highest BCUT2D eigenvalue weighted by Gasteiger charge is 2.22. The van der Waals surface area contributed by atoms with Crippen molar-refractivity contribution in [2.75, 3.05) is 12.4 Å². The first-order chi connectivity index (χ1) is 12.5. The molecule has 4 heteroatoms. The summed E-state index contributed by atoms with van der Waals surface area (Å²) in [6, 6.07) is 6.05. The number of hydrogen-bond donors (Lipinski definition) is 3. The summed E-state index contributed by atoms with van der Waals surface area (Å²) in [7, 11) is 1.92. The third-order valence-electron chi connectivity index (χ3n) is 4.48. The molecule has 0 bridgehead atoms. The predicted molar refractivity (Wildman–Crippen MR) is 120 cm³/mol. The fourth-order valence-electron chi connectivity index (χ4n) is 2.76. The van der Waals surface area contributed by atoms with Crippen LogP contribution in [-0.4, -0.2) is 17.8 Å². The molecule has 0 aliphatic rings. The average Bonchev–Trinajstić information content (AvgIpc) is 2.61. The fourth-order valence-corrected chi connectivity index (χ4v) is 2.76. The first-order valence-corrected chi connectivity index (χ1v) is 9.18. The van der Waals surface area contributed by atoms with Gasteiger partial charge in [0.05, 0.1) is 0 Å². The molecule has 0 saturated carbocycles. The van der Waals surface area contributed by atoms with Crippen molar-refractivity contribution in [1.82, 2.24) is 4.90 Å². The Bertz CT molecular complexity index is 763. The molecule has 0 radical (unpaired) electrons. The Balaban J connectivity index is 3.16. The van der Waals surface area contributed by atoms with E-state index in [9.17, 15) is 0 Å². The van der Waals surface area contributed by atoms with E-state index in [2.05, 4.69) is 51.9 Å². The van der Waals surface area contributed by atoms with E-state index < -0.39 is 0 Å². The van der Waals surface area contributed by atoms with Crippen LogP contribution in [-0.2, 0) is 6.54 Å². The van der Waals surface area contributed by atoms with Gasteiger partial charge in [-0.1, -0.05) is 59.6 Å². The highest BCUT2D eigenvalue weighted by atomic mass is 15.1. The molecule has 1 rings (SSSR count). The third kappa shape index (κ3) is 5.88. The molecule has 0 atom stereocenters. The summed E-state index contributed by atoms with van der Waals surface area (Å²) in [5.41, 5.74) is 11.6. The van der Waals surface area contributed by atoms with Gasteiger partial charge >= 0.3 is 0 Å². The molecule has 0 unspecified atom stereocenters. The van der Waals surface area contributed by atoms with Crippen LogP contribution in [0.25, 0.3) is 6.08 Å². The zero-order valence-electron chi connectivity index (χ0n) is 17.4. The zero-order valence-corrected chi connectivity index (χ0v) is 17.4. The molecule has 0 amide bonds. The van der Waals surface area contributed by atoms with Crippen molar-refractivity contribution < 1.29 is 0 Å². The highest BCUT2D eigenvalue weighted by molar-refractivity contribution is 5.96. The number of rotatable bonds is 8. The van der Waals surface area contributed by atoms with Gasteiger partial charge in [-0.3, -0.25) is 5.41 Å². The summed E-state index contributed by atoms with van der Waals surface area (Å²) >= 11 is 0. The van der Waals surface area contributed by atoms with Crippen molar-refractivity contribution in [1.29, 1.82) is 5.41 Å². The van der Waals surface area contributed by atoms with Crippen molar-refractivity contribution >= 4 is 17.6 Å². The first-order valence-electron chi connectivity index (χ1n) is 9.18. The molecule has 0 aliphatic heterocycles. The van der Waals surface area contributed by atoms with Crippen LogP contribution in [0.5, 0.6) is 0 Å². The zero-order chi connectivity index (χ0) is 20.8. The van der Waals surface area contributed by atoms with Gasteiger partial charge in [-0.25, -0.2) is 0 Å². The number of nitrogens with zero attached hydrogens (tertiary/aromatic N) is 1. The molecule has 0 spiro atoms. The van der Waals surface area contributed by atoms with Gasteiger partial charge in [-0.2, -0.15) is 0 Å². The van der Waals surface area contributed by atoms with E-state index in [4.69, 9.17) is 11.1 Å². The molecule has 146 valence electrons. The summed E-state index contributed by atoms with van der Waals surface area (Å²) < 4.78 is 0. The monoisotopic (exact) mass is 366 g/mol. The molecule has 0 saturated heterocycles. The second kappa shape index (κ2) is 9.26. The average molecular weight is 367 g/mol. The van der Waals surface area contributed by atoms with Crippen LogP contribution < -0.4 is 11.1 Å². The van der Waals surface area contributed by atoms with E-state index in [1.807, 2.05) is 37.1 Å². The van der Waals surface area contributed by atoms with Gasteiger partial charge in [0, 0.05) is 41.7 Å². The first kappa shape index (κ1) is 22.3. The Labute approximate surface area is 164 Å². The summed E-state index contributed by atoms with van der Waals surface area (Å²) in [4.78, 5) is 1.92. The van der Waals surface area contributed by atoms with Gasteiger partial charge in [-0.05, 0) is 35.8 Å². The van der Waals surface area contributed by atoms with Crippen LogP contribution in [0, 0.1) is 10.8 Å². The molecule has 0 aliphatic carbocycles. The molecule has 0 aromatic heterocycles. The van der Waals surface area contributed by atoms with Gasteiger partial charge in [0.1, 0.15) is 5.84 Å². The lowest BCUT2D eigenvalue weighted by Crippen LogP contribution is -2.31. The minimum Gasteiger partial charge on any atom is -0.401 e. The number of likely N-dealkylation sites (N-methyl/N-ethyl adjacent to an activating group) is 1. The van der Waals surface area contributed by atoms with Crippen LogP contribution in [0.15, 0.2) is 61.0 Å². The molecular weight excluding hydrogens is 332 g/mol. The van der Waals surface area contributed by atoms with Crippen molar-refractivity contribution in [2.45, 2.75) is 40.7 Å². The Morgan fingerprint density at radius 1 is 1.30 bits per heavy atom. The topological polar surface area (TPSA) is 65.1 Å². The summed E-state index contributed by atoms with van der Waals surface area (Å²) in [5.74, 6) is 0.453. The lowest BCUT2D eigenvalue weighted by molar-refractivity contribution is 0.475. The van der Waals surface area contributed by atoms with E-state index in [0.717, 1.165) is 40.2 Å². The fraction of sp³-hybridized carbons (Fsp3) is 0.348. The maximum Gasteiger partial charge on any atom is 0.125 e. The standard InChI is InChI=1S/C23H34N4/c1-9-16(4)26-19-13-12-17(10-2)18(14-19)15-27(8)22(25)20(11-3)21(24)23(5,6)7/h9-10,12-14,25-26H,1-2,4,11,15,24H2,3,5-8H3/b21-20-,25-22?.